The summed E-state index contributed by atoms with van der Waals surface area (Å²) in [6.45, 7) is 0. The summed E-state index contributed by atoms with van der Waals surface area (Å²) >= 11 is 5.95. The fourth-order valence-electron chi connectivity index (χ4n) is 2.18. The van der Waals surface area contributed by atoms with Crippen molar-refractivity contribution in [2.24, 2.45) is 16.5 Å². The van der Waals surface area contributed by atoms with Gasteiger partial charge >= 0.3 is 0 Å². The third-order valence-corrected chi connectivity index (χ3v) is 3.35. The second-order valence-electron chi connectivity index (χ2n) is 4.82. The Bertz CT molecular complexity index is 714. The highest BCUT2D eigenvalue weighted by Crippen LogP contribution is 2.24. The number of hydrogen-bond donors (Lipinski definition) is 2. The Balaban J connectivity index is 2.37. The van der Waals surface area contributed by atoms with Crippen molar-refractivity contribution >= 4 is 23.5 Å². The second-order valence-corrected chi connectivity index (χ2v) is 5.25. The van der Waals surface area contributed by atoms with Crippen molar-refractivity contribution in [2.45, 2.75) is 12.3 Å². The number of nitrogens with zero attached hydrogens (tertiary/aromatic N) is 1. The van der Waals surface area contributed by atoms with Gasteiger partial charge in [-0.2, -0.15) is 4.99 Å². The van der Waals surface area contributed by atoms with Crippen LogP contribution in [-0.2, 0) is 11.2 Å². The first kappa shape index (κ1) is 16.0. The third kappa shape index (κ3) is 4.30. The Hall–Kier alpha value is -2.40. The monoisotopic (exact) mass is 319 g/mol. The second kappa shape index (κ2) is 7.04. The predicted molar refractivity (Wildman–Crippen MR) is 85.1 cm³/mol. The molecule has 0 bridgehead atoms. The standard InChI is InChI=1S/C16H15ClFN3O/c17-12-5-1-3-10(7-12)8-14(15(22)21-16(19)20)11-4-2-6-13(18)9-11/h1-7,9,14H,8H2,(H4,19,20,21,22)/t14-/m1/s1. The Morgan fingerprint density at radius 1 is 1.18 bits per heavy atom. The lowest BCUT2D eigenvalue weighted by Crippen LogP contribution is -2.26. The van der Waals surface area contributed by atoms with Gasteiger partial charge < -0.3 is 11.5 Å². The Morgan fingerprint density at radius 2 is 1.91 bits per heavy atom. The van der Waals surface area contributed by atoms with Crippen LogP contribution in [0.5, 0.6) is 0 Å². The van der Waals surface area contributed by atoms with Gasteiger partial charge in [-0.05, 0) is 41.8 Å². The molecule has 22 heavy (non-hydrogen) atoms. The van der Waals surface area contributed by atoms with Gasteiger partial charge in [0.2, 0.25) is 0 Å². The first-order chi connectivity index (χ1) is 10.5. The average Bonchev–Trinajstić information content (AvgIpc) is 2.44. The van der Waals surface area contributed by atoms with Crippen LogP contribution < -0.4 is 11.5 Å². The van der Waals surface area contributed by atoms with Crippen molar-refractivity contribution < 1.29 is 9.18 Å². The van der Waals surface area contributed by atoms with Crippen LogP contribution in [0.1, 0.15) is 17.0 Å². The summed E-state index contributed by atoms with van der Waals surface area (Å²) in [7, 11) is 0. The van der Waals surface area contributed by atoms with Gasteiger partial charge in [0, 0.05) is 5.02 Å². The third-order valence-electron chi connectivity index (χ3n) is 3.12. The lowest BCUT2D eigenvalue weighted by atomic mass is 9.91. The molecule has 2 aromatic carbocycles. The van der Waals surface area contributed by atoms with Crippen LogP contribution in [0.3, 0.4) is 0 Å². The highest BCUT2D eigenvalue weighted by atomic mass is 35.5. The summed E-state index contributed by atoms with van der Waals surface area (Å²) in [6, 6.07) is 12.9. The molecule has 1 atom stereocenters. The number of halogens is 2. The van der Waals surface area contributed by atoms with Gasteiger partial charge in [0.15, 0.2) is 5.96 Å². The molecule has 0 aliphatic heterocycles. The molecule has 0 spiro atoms. The van der Waals surface area contributed by atoms with Crippen LogP contribution in [0.15, 0.2) is 53.5 Å². The largest absolute Gasteiger partial charge is 0.370 e. The molecule has 1 amide bonds. The normalized spacial score (nSPS) is 11.7. The van der Waals surface area contributed by atoms with Crippen LogP contribution in [0.25, 0.3) is 0 Å². The minimum atomic E-state index is -0.684. The van der Waals surface area contributed by atoms with E-state index in [4.69, 9.17) is 23.1 Å². The smallest absolute Gasteiger partial charge is 0.256 e. The van der Waals surface area contributed by atoms with Crippen LogP contribution in [0, 0.1) is 5.82 Å². The number of amides is 1. The summed E-state index contributed by atoms with van der Waals surface area (Å²) in [6.07, 6.45) is 0.319. The summed E-state index contributed by atoms with van der Waals surface area (Å²) in [4.78, 5) is 15.8. The van der Waals surface area contributed by atoms with E-state index in [9.17, 15) is 9.18 Å². The molecule has 0 radical (unpaired) electrons. The van der Waals surface area contributed by atoms with E-state index in [1.54, 1.807) is 30.3 Å². The molecule has 2 rings (SSSR count). The SMILES string of the molecule is NC(N)=NC(=O)[C@H](Cc1cccc(Cl)c1)c1cccc(F)c1. The van der Waals surface area contributed by atoms with E-state index < -0.39 is 17.6 Å². The first-order valence-corrected chi connectivity index (χ1v) is 6.97. The van der Waals surface area contributed by atoms with E-state index in [-0.39, 0.29) is 5.96 Å². The molecule has 0 saturated carbocycles. The number of carbonyl (C=O) groups is 1. The van der Waals surface area contributed by atoms with E-state index in [0.29, 0.717) is 17.0 Å². The highest BCUT2D eigenvalue weighted by molar-refractivity contribution is 6.30. The number of hydrogen-bond acceptors (Lipinski definition) is 1. The van der Waals surface area contributed by atoms with Gasteiger partial charge in [-0.1, -0.05) is 35.9 Å². The van der Waals surface area contributed by atoms with Gasteiger partial charge in [-0.15, -0.1) is 0 Å². The van der Waals surface area contributed by atoms with Crippen LogP contribution in [-0.4, -0.2) is 11.9 Å². The highest BCUT2D eigenvalue weighted by Gasteiger charge is 2.21. The number of rotatable bonds is 4. The quantitative estimate of drug-likeness (QED) is 0.671. The zero-order valence-electron chi connectivity index (χ0n) is 11.7. The molecular formula is C16H15ClFN3O. The number of carbonyl (C=O) groups excluding carboxylic acids is 1. The summed E-state index contributed by atoms with van der Waals surface area (Å²) in [5, 5.41) is 0.560. The zero-order chi connectivity index (χ0) is 16.1. The molecular weight excluding hydrogens is 305 g/mol. The van der Waals surface area contributed by atoms with Gasteiger partial charge in [-0.3, -0.25) is 4.79 Å². The topological polar surface area (TPSA) is 81.5 Å². The molecule has 4 nitrogen and oxygen atoms in total. The van der Waals surface area contributed by atoms with Crippen molar-refractivity contribution in [3.05, 3.63) is 70.5 Å². The van der Waals surface area contributed by atoms with E-state index in [0.717, 1.165) is 5.56 Å². The molecule has 0 unspecified atom stereocenters. The summed E-state index contributed by atoms with van der Waals surface area (Å²) in [5.41, 5.74) is 11.9. The molecule has 0 aromatic heterocycles. The van der Waals surface area contributed by atoms with Gasteiger partial charge in [0.1, 0.15) is 5.82 Å². The lowest BCUT2D eigenvalue weighted by molar-refractivity contribution is -0.119. The number of nitrogens with two attached hydrogens (primary N) is 2. The van der Waals surface area contributed by atoms with E-state index in [2.05, 4.69) is 4.99 Å². The molecule has 0 saturated heterocycles. The van der Waals surface area contributed by atoms with Gasteiger partial charge in [0.05, 0.1) is 5.92 Å². The van der Waals surface area contributed by atoms with Crippen LogP contribution in [0.2, 0.25) is 5.02 Å². The van der Waals surface area contributed by atoms with E-state index >= 15 is 0 Å². The predicted octanol–water partition coefficient (Wildman–Crippen LogP) is 2.61. The van der Waals surface area contributed by atoms with Crippen molar-refractivity contribution in [2.75, 3.05) is 0 Å². The lowest BCUT2D eigenvalue weighted by Gasteiger charge is -2.14. The fraction of sp³-hybridized carbons (Fsp3) is 0.125. The summed E-state index contributed by atoms with van der Waals surface area (Å²) in [5.74, 6) is -1.95. The van der Waals surface area contributed by atoms with Crippen molar-refractivity contribution in [1.82, 2.24) is 0 Å². The molecule has 114 valence electrons. The van der Waals surface area contributed by atoms with Crippen LogP contribution in [0.4, 0.5) is 4.39 Å². The van der Waals surface area contributed by atoms with Crippen molar-refractivity contribution in [1.29, 1.82) is 0 Å². The maximum Gasteiger partial charge on any atom is 0.256 e. The molecule has 6 heteroatoms. The number of aliphatic imine (C=N–C) groups is 1. The Labute approximate surface area is 132 Å². The zero-order valence-corrected chi connectivity index (χ0v) is 12.4. The minimum Gasteiger partial charge on any atom is -0.370 e. The summed E-state index contributed by atoms with van der Waals surface area (Å²) < 4.78 is 13.4. The Morgan fingerprint density at radius 3 is 2.55 bits per heavy atom. The van der Waals surface area contributed by atoms with Gasteiger partial charge in [0.25, 0.3) is 5.91 Å². The molecule has 0 aliphatic carbocycles. The fourth-order valence-corrected chi connectivity index (χ4v) is 2.39. The average molecular weight is 320 g/mol. The van der Waals surface area contributed by atoms with Gasteiger partial charge in [-0.25, -0.2) is 4.39 Å². The molecule has 0 heterocycles. The number of guanidine groups is 1. The number of benzene rings is 2. The van der Waals surface area contributed by atoms with E-state index in [1.807, 2.05) is 6.07 Å². The Kier molecular flexibility index (Phi) is 5.12. The maximum absolute atomic E-state index is 13.4. The van der Waals surface area contributed by atoms with Crippen molar-refractivity contribution in [3.63, 3.8) is 0 Å². The minimum absolute atomic E-state index is 0.319. The first-order valence-electron chi connectivity index (χ1n) is 6.59. The van der Waals surface area contributed by atoms with Crippen molar-refractivity contribution in [3.8, 4) is 0 Å². The van der Waals surface area contributed by atoms with Crippen LogP contribution >= 0.6 is 11.6 Å². The molecule has 4 N–H and O–H groups in total. The molecule has 0 aliphatic rings. The molecule has 0 fully saturated rings. The van der Waals surface area contributed by atoms with E-state index in [1.165, 1.54) is 12.1 Å². The molecule has 2 aromatic rings. The maximum atomic E-state index is 13.4.